The van der Waals surface area contributed by atoms with Crippen LogP contribution in [0, 0.1) is 17.9 Å². The van der Waals surface area contributed by atoms with Crippen LogP contribution in [0.25, 0.3) is 0 Å². The van der Waals surface area contributed by atoms with E-state index in [1.807, 2.05) is 0 Å². The minimum atomic E-state index is -0.426. The maximum absolute atomic E-state index is 13.5. The third-order valence-electron chi connectivity index (χ3n) is 2.53. The predicted molar refractivity (Wildman–Crippen MR) is 65.9 cm³/mol. The highest BCUT2D eigenvalue weighted by Gasteiger charge is 2.09. The van der Waals surface area contributed by atoms with E-state index in [1.165, 1.54) is 18.3 Å². The first-order valence-corrected chi connectivity index (χ1v) is 5.71. The highest BCUT2D eigenvalue weighted by atomic mass is 35.5. The molecule has 0 spiro atoms. The van der Waals surface area contributed by atoms with Crippen molar-refractivity contribution in [2.24, 2.45) is 0 Å². The first-order chi connectivity index (χ1) is 8.58. The fraction of sp³-hybridized carbons (Fsp3) is 0.154. The van der Waals surface area contributed by atoms with Crippen LogP contribution in [0.4, 0.5) is 4.39 Å². The van der Waals surface area contributed by atoms with Gasteiger partial charge >= 0.3 is 0 Å². The molecule has 0 radical (unpaired) electrons. The molecule has 94 valence electrons. The number of aromatic nitrogens is 1. The van der Waals surface area contributed by atoms with E-state index >= 15 is 0 Å². The number of rotatable bonds is 3. The minimum absolute atomic E-state index is 0.0193. The first kappa shape index (κ1) is 12.6. The predicted octanol–water partition coefficient (Wildman–Crippen LogP) is 3.00. The van der Waals surface area contributed by atoms with Crippen LogP contribution in [0.5, 0.6) is 5.75 Å². The van der Waals surface area contributed by atoms with Crippen molar-refractivity contribution in [3.05, 3.63) is 63.8 Å². The van der Waals surface area contributed by atoms with Crippen molar-refractivity contribution in [1.82, 2.24) is 0 Å². The van der Waals surface area contributed by atoms with E-state index in [1.54, 1.807) is 25.1 Å². The third-order valence-corrected chi connectivity index (χ3v) is 2.88. The van der Waals surface area contributed by atoms with Crippen LogP contribution < -0.4 is 9.47 Å². The van der Waals surface area contributed by atoms with E-state index in [-0.39, 0.29) is 12.2 Å². The average molecular weight is 268 g/mol. The van der Waals surface area contributed by atoms with Crippen molar-refractivity contribution in [3.8, 4) is 5.75 Å². The summed E-state index contributed by atoms with van der Waals surface area (Å²) in [5.41, 5.74) is 0.837. The summed E-state index contributed by atoms with van der Waals surface area (Å²) in [6.45, 7) is 1.67. The molecule has 1 aromatic carbocycles. The van der Waals surface area contributed by atoms with E-state index in [2.05, 4.69) is 0 Å². The molecule has 0 bridgehead atoms. The highest BCUT2D eigenvalue weighted by Crippen LogP contribution is 2.20. The molecule has 2 rings (SSSR count). The number of benzene rings is 1. The van der Waals surface area contributed by atoms with Crippen LogP contribution in [-0.2, 0) is 6.61 Å². The van der Waals surface area contributed by atoms with Crippen LogP contribution >= 0.6 is 11.6 Å². The zero-order chi connectivity index (χ0) is 13.1. The van der Waals surface area contributed by atoms with Crippen molar-refractivity contribution in [1.29, 1.82) is 0 Å². The summed E-state index contributed by atoms with van der Waals surface area (Å²) in [5.74, 6) is -0.0560. The molecule has 0 fully saturated rings. The van der Waals surface area contributed by atoms with Gasteiger partial charge in [0.1, 0.15) is 12.4 Å². The molecule has 0 aliphatic heterocycles. The van der Waals surface area contributed by atoms with Crippen LogP contribution in [0.3, 0.4) is 0 Å². The Bertz CT molecular complexity index is 555. The second-order valence-electron chi connectivity index (χ2n) is 3.82. The largest absolute Gasteiger partial charge is 0.618 e. The first-order valence-electron chi connectivity index (χ1n) is 5.33. The summed E-state index contributed by atoms with van der Waals surface area (Å²) in [7, 11) is 0. The van der Waals surface area contributed by atoms with Gasteiger partial charge in [-0.05, 0) is 18.2 Å². The van der Waals surface area contributed by atoms with Crippen LogP contribution in [0.15, 0.2) is 36.5 Å². The molecule has 1 heterocycles. The molecule has 0 amide bonds. The fourth-order valence-electron chi connectivity index (χ4n) is 1.45. The Labute approximate surface area is 109 Å². The van der Waals surface area contributed by atoms with Crippen molar-refractivity contribution < 1.29 is 13.9 Å². The van der Waals surface area contributed by atoms with Gasteiger partial charge in [0.05, 0.1) is 5.02 Å². The fourth-order valence-corrected chi connectivity index (χ4v) is 1.67. The van der Waals surface area contributed by atoms with Gasteiger partial charge in [0, 0.05) is 18.6 Å². The van der Waals surface area contributed by atoms with Crippen LogP contribution in [0.2, 0.25) is 5.02 Å². The van der Waals surface area contributed by atoms with Gasteiger partial charge in [0.2, 0.25) is 6.20 Å². The summed E-state index contributed by atoms with van der Waals surface area (Å²) in [6.07, 6.45) is 1.30. The molecule has 5 heteroatoms. The Morgan fingerprint density at radius 1 is 1.33 bits per heavy atom. The molecule has 0 N–H and O–H groups in total. The lowest BCUT2D eigenvalue weighted by Crippen LogP contribution is -2.29. The Morgan fingerprint density at radius 2 is 2.11 bits per heavy atom. The number of nitrogens with zero attached hydrogens (tertiary/aromatic N) is 1. The zero-order valence-corrected chi connectivity index (χ0v) is 10.4. The maximum atomic E-state index is 13.5. The molecule has 0 unspecified atom stereocenters. The van der Waals surface area contributed by atoms with Crippen LogP contribution in [-0.4, -0.2) is 0 Å². The summed E-state index contributed by atoms with van der Waals surface area (Å²) in [6, 6.07) is 7.71. The van der Waals surface area contributed by atoms with Gasteiger partial charge in [-0.25, -0.2) is 4.39 Å². The Hall–Kier alpha value is -1.81. The summed E-state index contributed by atoms with van der Waals surface area (Å²) >= 11 is 5.87. The van der Waals surface area contributed by atoms with E-state index < -0.39 is 5.82 Å². The lowest BCUT2D eigenvalue weighted by molar-refractivity contribution is -0.612. The van der Waals surface area contributed by atoms with Crippen molar-refractivity contribution in [3.63, 3.8) is 0 Å². The normalized spacial score (nSPS) is 10.4. The van der Waals surface area contributed by atoms with E-state index in [9.17, 15) is 9.60 Å². The van der Waals surface area contributed by atoms with Crippen molar-refractivity contribution in [2.75, 3.05) is 0 Å². The smallest absolute Gasteiger partial charge is 0.222 e. The molecule has 0 saturated heterocycles. The Kier molecular flexibility index (Phi) is 3.67. The van der Waals surface area contributed by atoms with Gasteiger partial charge in [-0.15, -0.1) is 0 Å². The quantitative estimate of drug-likeness (QED) is 0.633. The highest BCUT2D eigenvalue weighted by molar-refractivity contribution is 6.31. The number of pyridine rings is 1. The summed E-state index contributed by atoms with van der Waals surface area (Å²) in [4.78, 5) is 0. The lowest BCUT2D eigenvalue weighted by Gasteiger charge is -2.08. The molecule has 0 aliphatic carbocycles. The number of ether oxygens (including phenoxy) is 1. The number of hydrogen-bond donors (Lipinski definition) is 0. The van der Waals surface area contributed by atoms with Gasteiger partial charge in [0.25, 0.3) is 0 Å². The molecule has 3 nitrogen and oxygen atoms in total. The zero-order valence-electron chi connectivity index (χ0n) is 9.69. The number of halogens is 2. The molecule has 2 aromatic rings. The van der Waals surface area contributed by atoms with Gasteiger partial charge in [-0.3, -0.25) is 0 Å². The molecular weight excluding hydrogens is 257 g/mol. The molecule has 0 saturated carbocycles. The second-order valence-corrected chi connectivity index (χ2v) is 4.23. The molecule has 0 atom stereocenters. The summed E-state index contributed by atoms with van der Waals surface area (Å²) in [5, 5.41) is 11.6. The maximum Gasteiger partial charge on any atom is 0.222 e. The Balaban J connectivity index is 2.14. The molecule has 1 aromatic heterocycles. The van der Waals surface area contributed by atoms with Crippen molar-refractivity contribution >= 4 is 11.6 Å². The lowest BCUT2D eigenvalue weighted by atomic mass is 10.2. The Morgan fingerprint density at radius 3 is 2.78 bits per heavy atom. The third kappa shape index (κ3) is 2.71. The van der Waals surface area contributed by atoms with E-state index in [0.717, 1.165) is 0 Å². The average Bonchev–Trinajstić information content (AvgIpc) is 2.33. The van der Waals surface area contributed by atoms with Crippen LogP contribution in [0.1, 0.15) is 11.3 Å². The molecule has 0 aliphatic rings. The topological polar surface area (TPSA) is 36.2 Å². The second kappa shape index (κ2) is 5.23. The number of aryl methyl sites for hydroxylation is 1. The number of hydrogen-bond acceptors (Lipinski definition) is 2. The molecule has 18 heavy (non-hydrogen) atoms. The standard InChI is InChI=1S/C13H11ClFNO2/c1-9-5-6-10(7-16(9)17)18-8-11-12(14)3-2-4-13(11)15/h2-7H,8H2,1H3. The van der Waals surface area contributed by atoms with E-state index in [4.69, 9.17) is 16.3 Å². The monoisotopic (exact) mass is 267 g/mol. The van der Waals surface area contributed by atoms with Gasteiger partial charge in [0.15, 0.2) is 11.4 Å². The van der Waals surface area contributed by atoms with Gasteiger partial charge in [-0.1, -0.05) is 17.7 Å². The molecular formula is C13H11ClFNO2. The van der Waals surface area contributed by atoms with Crippen molar-refractivity contribution in [2.45, 2.75) is 13.5 Å². The van der Waals surface area contributed by atoms with Gasteiger partial charge in [-0.2, -0.15) is 4.73 Å². The van der Waals surface area contributed by atoms with E-state index in [0.29, 0.717) is 21.2 Å². The SMILES string of the molecule is Cc1ccc(OCc2c(F)cccc2Cl)c[n+]1[O-]. The van der Waals surface area contributed by atoms with Gasteiger partial charge < -0.3 is 9.94 Å². The minimum Gasteiger partial charge on any atom is -0.618 e. The summed E-state index contributed by atoms with van der Waals surface area (Å²) < 4.78 is 19.5.